The number of para-hydroxylation sites is 2. The number of carbonyl (C=O) groups excluding carboxylic acids is 2. The summed E-state index contributed by atoms with van der Waals surface area (Å²) < 4.78 is 10.5. The Morgan fingerprint density at radius 2 is 1.82 bits per heavy atom. The van der Waals surface area contributed by atoms with Gasteiger partial charge in [0.2, 0.25) is 5.91 Å². The predicted octanol–water partition coefficient (Wildman–Crippen LogP) is 3.22. The van der Waals surface area contributed by atoms with Gasteiger partial charge in [-0.2, -0.15) is 0 Å². The maximum atomic E-state index is 12.1. The summed E-state index contributed by atoms with van der Waals surface area (Å²) in [6.45, 7) is 3.14. The Morgan fingerprint density at radius 1 is 1.11 bits per heavy atom. The van der Waals surface area contributed by atoms with E-state index in [0.29, 0.717) is 17.1 Å². The molecule has 2 N–H and O–H groups in total. The van der Waals surface area contributed by atoms with Crippen molar-refractivity contribution in [2.24, 2.45) is 5.92 Å². The first-order chi connectivity index (χ1) is 13.3. The van der Waals surface area contributed by atoms with Crippen LogP contribution in [0.1, 0.15) is 13.8 Å². The maximum Gasteiger partial charge on any atom is 0.310 e. The predicted molar refractivity (Wildman–Crippen MR) is 104 cm³/mol. The minimum absolute atomic E-state index is 0.00646. The van der Waals surface area contributed by atoms with Crippen LogP contribution in [0, 0.1) is 16.0 Å². The molecule has 2 aromatic carbocycles. The van der Waals surface area contributed by atoms with Gasteiger partial charge in [0.05, 0.1) is 17.7 Å². The van der Waals surface area contributed by atoms with Gasteiger partial charge in [0.25, 0.3) is 5.91 Å². The minimum atomic E-state index is -0.581. The van der Waals surface area contributed by atoms with Gasteiger partial charge in [0.15, 0.2) is 12.4 Å². The molecule has 0 aromatic heterocycles. The van der Waals surface area contributed by atoms with E-state index in [1.807, 2.05) is 0 Å². The molecule has 0 spiro atoms. The summed E-state index contributed by atoms with van der Waals surface area (Å²) in [6.07, 6.45) is 0. The van der Waals surface area contributed by atoms with Crippen LogP contribution in [-0.4, -0.2) is 30.5 Å². The molecule has 0 radical (unpaired) electrons. The summed E-state index contributed by atoms with van der Waals surface area (Å²) in [4.78, 5) is 34.3. The standard InChI is InChI=1S/C19H21N3O6/c1-12(2)19(24)21-14-9-8-13(10-17(14)27-3)20-18(23)11-28-16-7-5-4-6-15(16)22(25)26/h4-10,12H,11H2,1-3H3,(H,20,23)(H,21,24). The number of carbonyl (C=O) groups is 2. The molecule has 0 aliphatic rings. The molecule has 2 amide bonds. The first-order valence-electron chi connectivity index (χ1n) is 8.46. The molecule has 9 heteroatoms. The molecule has 0 saturated carbocycles. The molecule has 0 aliphatic heterocycles. The Morgan fingerprint density at radius 3 is 2.46 bits per heavy atom. The number of hydrogen-bond donors (Lipinski definition) is 2. The molecule has 9 nitrogen and oxygen atoms in total. The molecule has 0 saturated heterocycles. The van der Waals surface area contributed by atoms with Crippen LogP contribution in [0.4, 0.5) is 17.1 Å². The van der Waals surface area contributed by atoms with Gasteiger partial charge >= 0.3 is 5.69 Å². The van der Waals surface area contributed by atoms with Crippen molar-refractivity contribution >= 4 is 28.9 Å². The van der Waals surface area contributed by atoms with E-state index in [9.17, 15) is 19.7 Å². The molecule has 28 heavy (non-hydrogen) atoms. The van der Waals surface area contributed by atoms with Crippen LogP contribution in [0.2, 0.25) is 0 Å². The van der Waals surface area contributed by atoms with Gasteiger partial charge in [-0.15, -0.1) is 0 Å². The highest BCUT2D eigenvalue weighted by molar-refractivity contribution is 5.95. The van der Waals surface area contributed by atoms with E-state index in [1.54, 1.807) is 38.1 Å². The highest BCUT2D eigenvalue weighted by Gasteiger charge is 2.16. The van der Waals surface area contributed by atoms with Crippen molar-refractivity contribution in [2.75, 3.05) is 24.4 Å². The summed E-state index contributed by atoms with van der Waals surface area (Å²) in [5.74, 6) is -0.464. The largest absolute Gasteiger partial charge is 0.494 e. The second-order valence-electron chi connectivity index (χ2n) is 6.12. The SMILES string of the molecule is COc1cc(NC(=O)COc2ccccc2[N+](=O)[O-])ccc1NC(=O)C(C)C. The van der Waals surface area contributed by atoms with Crippen molar-refractivity contribution < 1.29 is 24.0 Å². The third-order valence-corrected chi connectivity index (χ3v) is 3.69. The number of ether oxygens (including phenoxy) is 2. The van der Waals surface area contributed by atoms with E-state index in [2.05, 4.69) is 10.6 Å². The van der Waals surface area contributed by atoms with Crippen LogP contribution < -0.4 is 20.1 Å². The minimum Gasteiger partial charge on any atom is -0.494 e. The number of hydrogen-bond acceptors (Lipinski definition) is 6. The maximum absolute atomic E-state index is 12.1. The molecule has 0 heterocycles. The Labute approximate surface area is 161 Å². The number of nitrogens with zero attached hydrogens (tertiary/aromatic N) is 1. The number of nitro groups is 1. The number of anilines is 2. The summed E-state index contributed by atoms with van der Waals surface area (Å²) in [5.41, 5.74) is 0.688. The highest BCUT2D eigenvalue weighted by Crippen LogP contribution is 2.29. The lowest BCUT2D eigenvalue weighted by atomic mass is 10.2. The summed E-state index contributed by atoms with van der Waals surface area (Å²) >= 11 is 0. The molecular formula is C19H21N3O6. The van der Waals surface area contributed by atoms with Gasteiger partial charge in [0, 0.05) is 23.7 Å². The lowest BCUT2D eigenvalue weighted by Crippen LogP contribution is -2.21. The van der Waals surface area contributed by atoms with E-state index in [0.717, 1.165) is 0 Å². The zero-order valence-electron chi connectivity index (χ0n) is 15.7. The van der Waals surface area contributed by atoms with Gasteiger partial charge in [0.1, 0.15) is 5.75 Å². The van der Waals surface area contributed by atoms with Crippen LogP contribution in [0.5, 0.6) is 11.5 Å². The molecule has 0 atom stereocenters. The first-order valence-corrected chi connectivity index (χ1v) is 8.46. The molecule has 0 unspecified atom stereocenters. The summed E-state index contributed by atoms with van der Waals surface area (Å²) in [5, 5.41) is 16.3. The number of benzene rings is 2. The Bertz CT molecular complexity index is 882. The van der Waals surface area contributed by atoms with Crippen molar-refractivity contribution in [1.29, 1.82) is 0 Å². The van der Waals surface area contributed by atoms with Crippen molar-refractivity contribution in [3.8, 4) is 11.5 Å². The molecule has 0 aliphatic carbocycles. The fourth-order valence-electron chi connectivity index (χ4n) is 2.22. The number of nitro benzene ring substituents is 1. The smallest absolute Gasteiger partial charge is 0.310 e. The van der Waals surface area contributed by atoms with Crippen molar-refractivity contribution in [1.82, 2.24) is 0 Å². The zero-order valence-corrected chi connectivity index (χ0v) is 15.7. The van der Waals surface area contributed by atoms with E-state index in [4.69, 9.17) is 9.47 Å². The number of rotatable bonds is 8. The topological polar surface area (TPSA) is 120 Å². The molecule has 2 rings (SSSR count). The van der Waals surface area contributed by atoms with Crippen molar-refractivity contribution in [3.05, 3.63) is 52.6 Å². The first kappa shape index (κ1) is 20.7. The monoisotopic (exact) mass is 387 g/mol. The van der Waals surface area contributed by atoms with E-state index in [-0.39, 0.29) is 23.3 Å². The Kier molecular flexibility index (Phi) is 6.91. The van der Waals surface area contributed by atoms with Crippen molar-refractivity contribution in [3.63, 3.8) is 0 Å². The van der Waals surface area contributed by atoms with Crippen molar-refractivity contribution in [2.45, 2.75) is 13.8 Å². The van der Waals surface area contributed by atoms with Gasteiger partial charge in [-0.1, -0.05) is 26.0 Å². The van der Waals surface area contributed by atoms with Crippen LogP contribution in [0.25, 0.3) is 0 Å². The fourth-order valence-corrected chi connectivity index (χ4v) is 2.22. The normalized spacial score (nSPS) is 10.3. The van der Waals surface area contributed by atoms with Crippen LogP contribution in [0.15, 0.2) is 42.5 Å². The van der Waals surface area contributed by atoms with Crippen LogP contribution in [0.3, 0.4) is 0 Å². The van der Waals surface area contributed by atoms with Gasteiger partial charge < -0.3 is 20.1 Å². The number of methoxy groups -OCH3 is 1. The van der Waals surface area contributed by atoms with E-state index < -0.39 is 17.4 Å². The average Bonchev–Trinajstić information content (AvgIpc) is 2.67. The Balaban J connectivity index is 2.02. The second-order valence-corrected chi connectivity index (χ2v) is 6.12. The third-order valence-electron chi connectivity index (χ3n) is 3.69. The van der Waals surface area contributed by atoms with Crippen LogP contribution >= 0.6 is 0 Å². The summed E-state index contributed by atoms with van der Waals surface area (Å²) in [7, 11) is 1.45. The fraction of sp³-hybridized carbons (Fsp3) is 0.263. The zero-order chi connectivity index (χ0) is 20.7. The lowest BCUT2D eigenvalue weighted by Gasteiger charge is -2.14. The molecule has 0 bridgehead atoms. The molecule has 148 valence electrons. The van der Waals surface area contributed by atoms with E-state index in [1.165, 1.54) is 25.3 Å². The number of amides is 2. The van der Waals surface area contributed by atoms with Gasteiger partial charge in [-0.25, -0.2) is 0 Å². The van der Waals surface area contributed by atoms with Gasteiger partial charge in [-0.3, -0.25) is 19.7 Å². The van der Waals surface area contributed by atoms with Gasteiger partial charge in [-0.05, 0) is 18.2 Å². The summed E-state index contributed by atoms with van der Waals surface area (Å²) in [6, 6.07) is 10.6. The Hall–Kier alpha value is -3.62. The lowest BCUT2D eigenvalue weighted by molar-refractivity contribution is -0.385. The molecular weight excluding hydrogens is 366 g/mol. The van der Waals surface area contributed by atoms with Crippen LogP contribution in [-0.2, 0) is 9.59 Å². The molecule has 0 fully saturated rings. The molecule has 2 aromatic rings. The average molecular weight is 387 g/mol. The third kappa shape index (κ3) is 5.44. The quantitative estimate of drug-likeness (QED) is 0.530. The van der Waals surface area contributed by atoms with E-state index >= 15 is 0 Å². The highest BCUT2D eigenvalue weighted by atomic mass is 16.6. The second kappa shape index (κ2) is 9.36. The number of nitrogens with one attached hydrogen (secondary N) is 2.